The maximum absolute atomic E-state index is 13.6. The minimum atomic E-state index is -1.83. The second kappa shape index (κ2) is 11.3. The zero-order valence-electron chi connectivity index (χ0n) is 19.7. The Morgan fingerprint density at radius 2 is 1.79 bits per heavy atom. The number of benzene rings is 3. The molecule has 1 aromatic heterocycles. The Morgan fingerprint density at radius 3 is 2.45 bits per heavy atom. The van der Waals surface area contributed by atoms with E-state index in [0.29, 0.717) is 31.9 Å². The van der Waals surface area contributed by atoms with Gasteiger partial charge in [0.1, 0.15) is 33.2 Å². The molecular formula is C27H22Cl2N4O3S2. The number of aliphatic carboxylic acids is 1. The molecule has 3 atom stereocenters. The molecule has 194 valence electrons. The summed E-state index contributed by atoms with van der Waals surface area (Å²) in [5.41, 5.74) is 2.69. The van der Waals surface area contributed by atoms with Gasteiger partial charge in [-0.15, -0.1) is 12.6 Å². The van der Waals surface area contributed by atoms with Gasteiger partial charge >= 0.3 is 5.97 Å². The molecule has 0 spiro atoms. The number of carboxylic acid groups (broad SMARTS) is 1. The van der Waals surface area contributed by atoms with Crippen LogP contribution < -0.4 is 5.32 Å². The highest BCUT2D eigenvalue weighted by atomic mass is 35.5. The van der Waals surface area contributed by atoms with Gasteiger partial charge in [0.15, 0.2) is 0 Å². The number of halogens is 2. The summed E-state index contributed by atoms with van der Waals surface area (Å²) in [6.07, 6.45) is 3.66. The molecule has 2 heterocycles. The molecule has 1 unspecified atom stereocenters. The summed E-state index contributed by atoms with van der Waals surface area (Å²) in [5, 5.41) is 19.0. The Balaban J connectivity index is 1.54. The maximum Gasteiger partial charge on any atom is 0.322 e. The quantitative estimate of drug-likeness (QED) is 0.245. The SMILES string of the molecule is O=C(O)[C@H](Cc1ccccc1)N1[C@@H](S)N/C(=C/c2cn(-c3ccccc3)nc2-c2ccc(Cl)cc2Cl)S1=O. The van der Waals surface area contributed by atoms with E-state index in [1.165, 1.54) is 4.31 Å². The first kappa shape index (κ1) is 26.5. The fraction of sp³-hybridized carbons (Fsp3) is 0.111. The average Bonchev–Trinajstić information content (AvgIpc) is 3.44. The Labute approximate surface area is 237 Å². The van der Waals surface area contributed by atoms with Gasteiger partial charge in [-0.05, 0) is 48.4 Å². The first-order chi connectivity index (χ1) is 18.3. The lowest BCUT2D eigenvalue weighted by Crippen LogP contribution is -2.45. The molecular weight excluding hydrogens is 563 g/mol. The van der Waals surface area contributed by atoms with Gasteiger partial charge < -0.3 is 10.4 Å². The molecule has 7 nitrogen and oxygen atoms in total. The lowest BCUT2D eigenvalue weighted by atomic mass is 10.1. The third-order valence-corrected chi connectivity index (χ3v) is 8.53. The molecule has 38 heavy (non-hydrogen) atoms. The molecule has 3 aromatic carbocycles. The lowest BCUT2D eigenvalue weighted by molar-refractivity contribution is -0.141. The minimum absolute atomic E-state index is 0.172. The van der Waals surface area contributed by atoms with Crippen LogP contribution in [0.5, 0.6) is 0 Å². The number of thiol groups is 1. The molecule has 1 fully saturated rings. The fourth-order valence-corrected chi connectivity index (χ4v) is 6.62. The number of carboxylic acids is 1. The van der Waals surface area contributed by atoms with Crippen molar-refractivity contribution >= 4 is 58.9 Å². The van der Waals surface area contributed by atoms with Gasteiger partial charge in [-0.25, -0.2) is 8.89 Å². The van der Waals surface area contributed by atoms with Crippen molar-refractivity contribution in [2.45, 2.75) is 18.0 Å². The number of carbonyl (C=O) groups is 1. The number of rotatable bonds is 7. The monoisotopic (exact) mass is 584 g/mol. The van der Waals surface area contributed by atoms with E-state index in [1.807, 2.05) is 60.7 Å². The summed E-state index contributed by atoms with van der Waals surface area (Å²) in [4.78, 5) is 12.2. The number of para-hydroxylation sites is 1. The largest absolute Gasteiger partial charge is 0.480 e. The molecule has 0 amide bonds. The Morgan fingerprint density at radius 1 is 1.11 bits per heavy atom. The van der Waals surface area contributed by atoms with Crippen LogP contribution in [0.3, 0.4) is 0 Å². The zero-order valence-corrected chi connectivity index (χ0v) is 23.0. The molecule has 1 aliphatic rings. The van der Waals surface area contributed by atoms with E-state index < -0.39 is 28.5 Å². The van der Waals surface area contributed by atoms with Crippen molar-refractivity contribution < 1.29 is 14.1 Å². The number of hydrogen-bond acceptors (Lipinski definition) is 5. The normalized spacial score (nSPS) is 19.4. The lowest BCUT2D eigenvalue weighted by Gasteiger charge is -2.24. The van der Waals surface area contributed by atoms with E-state index in [2.05, 4.69) is 17.9 Å². The first-order valence-electron chi connectivity index (χ1n) is 11.6. The maximum atomic E-state index is 13.6. The molecule has 0 saturated carbocycles. The van der Waals surface area contributed by atoms with Gasteiger partial charge in [0.2, 0.25) is 0 Å². The minimum Gasteiger partial charge on any atom is -0.480 e. The molecule has 4 aromatic rings. The van der Waals surface area contributed by atoms with Gasteiger partial charge in [0, 0.05) is 22.3 Å². The van der Waals surface area contributed by atoms with Crippen molar-refractivity contribution in [3.8, 4) is 16.9 Å². The second-order valence-corrected chi connectivity index (χ2v) is 11.2. The predicted molar refractivity (Wildman–Crippen MR) is 154 cm³/mol. The van der Waals surface area contributed by atoms with Gasteiger partial charge in [-0.2, -0.15) is 9.40 Å². The van der Waals surface area contributed by atoms with Crippen molar-refractivity contribution in [3.05, 3.63) is 111 Å². The van der Waals surface area contributed by atoms with Crippen LogP contribution in [0.1, 0.15) is 11.1 Å². The van der Waals surface area contributed by atoms with Crippen LogP contribution in [0, 0.1) is 0 Å². The molecule has 11 heteroatoms. The molecule has 1 aliphatic heterocycles. The smallest absolute Gasteiger partial charge is 0.322 e. The summed E-state index contributed by atoms with van der Waals surface area (Å²) >= 11 is 17.2. The highest BCUT2D eigenvalue weighted by Crippen LogP contribution is 2.34. The molecule has 2 N–H and O–H groups in total. The predicted octanol–water partition coefficient (Wildman–Crippen LogP) is 5.62. The van der Waals surface area contributed by atoms with Crippen molar-refractivity contribution in [3.63, 3.8) is 0 Å². The van der Waals surface area contributed by atoms with Gasteiger partial charge in [-0.3, -0.25) is 4.79 Å². The topological polar surface area (TPSA) is 87.5 Å². The highest BCUT2D eigenvalue weighted by Gasteiger charge is 2.41. The standard InChI is InChI=1S/C27H22Cl2N4O3S2/c28-19-11-12-21(22(29)15-19)25-18(16-32(31-25)20-9-5-2-6-10-20)14-24-30-27(37)33(38(24)36)23(26(34)35)13-17-7-3-1-4-8-17/h1-12,14-16,23,27,30,37H,13H2,(H,34,35)/b24-14-/t23-,27-,38?/m0/s1. The number of hydrogen-bond donors (Lipinski definition) is 3. The highest BCUT2D eigenvalue weighted by molar-refractivity contribution is 7.89. The van der Waals surface area contributed by atoms with E-state index in [4.69, 9.17) is 28.3 Å². The summed E-state index contributed by atoms with van der Waals surface area (Å²) in [5.74, 6) is -1.09. The van der Waals surface area contributed by atoms with Crippen LogP contribution in [-0.4, -0.2) is 40.9 Å². The van der Waals surface area contributed by atoms with E-state index in [0.717, 1.165) is 11.3 Å². The summed E-state index contributed by atoms with van der Waals surface area (Å²) in [7, 11) is -1.83. The molecule has 0 aliphatic carbocycles. The van der Waals surface area contributed by atoms with Crippen LogP contribution in [-0.2, 0) is 22.2 Å². The van der Waals surface area contributed by atoms with E-state index in [9.17, 15) is 14.1 Å². The van der Waals surface area contributed by atoms with E-state index in [-0.39, 0.29) is 6.42 Å². The number of aromatic nitrogens is 2. The Hall–Kier alpha value is -3.08. The van der Waals surface area contributed by atoms with E-state index >= 15 is 0 Å². The molecule has 5 rings (SSSR count). The fourth-order valence-electron chi connectivity index (χ4n) is 4.19. The van der Waals surface area contributed by atoms with Crippen LogP contribution in [0.15, 0.2) is 90.1 Å². The van der Waals surface area contributed by atoms with E-state index in [1.54, 1.807) is 35.2 Å². The van der Waals surface area contributed by atoms with Crippen molar-refractivity contribution in [1.82, 2.24) is 19.4 Å². The van der Waals surface area contributed by atoms with Crippen LogP contribution in [0.25, 0.3) is 23.0 Å². The third-order valence-electron chi connectivity index (χ3n) is 5.99. The summed E-state index contributed by atoms with van der Waals surface area (Å²) < 4.78 is 16.7. The summed E-state index contributed by atoms with van der Waals surface area (Å²) in [6, 6.07) is 22.8. The number of nitrogens with one attached hydrogen (secondary N) is 1. The second-order valence-electron chi connectivity index (χ2n) is 8.52. The Kier molecular flexibility index (Phi) is 7.92. The van der Waals surface area contributed by atoms with Crippen molar-refractivity contribution in [2.75, 3.05) is 0 Å². The van der Waals surface area contributed by atoms with Crippen LogP contribution >= 0.6 is 35.8 Å². The van der Waals surface area contributed by atoms with Crippen LogP contribution in [0.2, 0.25) is 10.0 Å². The van der Waals surface area contributed by atoms with Gasteiger partial charge in [-0.1, -0.05) is 71.7 Å². The van der Waals surface area contributed by atoms with Crippen molar-refractivity contribution in [2.24, 2.45) is 0 Å². The van der Waals surface area contributed by atoms with Crippen LogP contribution in [0.4, 0.5) is 0 Å². The zero-order chi connectivity index (χ0) is 26.8. The Bertz CT molecular complexity index is 1530. The van der Waals surface area contributed by atoms with Crippen molar-refractivity contribution in [1.29, 1.82) is 0 Å². The molecule has 0 radical (unpaired) electrons. The van der Waals surface area contributed by atoms with Gasteiger partial charge in [0.25, 0.3) is 0 Å². The number of nitrogens with zero attached hydrogens (tertiary/aromatic N) is 3. The molecule has 0 bridgehead atoms. The molecule has 1 saturated heterocycles. The first-order valence-corrected chi connectivity index (χ1v) is 13.9. The average molecular weight is 586 g/mol. The third kappa shape index (κ3) is 5.52. The summed E-state index contributed by atoms with van der Waals surface area (Å²) in [6.45, 7) is 0. The van der Waals surface area contributed by atoms with Gasteiger partial charge in [0.05, 0.1) is 10.7 Å².